The van der Waals surface area contributed by atoms with Crippen molar-refractivity contribution in [3.05, 3.63) is 0 Å². The Hall–Kier alpha value is -1.61. The first-order valence-electron chi connectivity index (χ1n) is 8.06. The summed E-state index contributed by atoms with van der Waals surface area (Å²) in [5, 5.41) is 4.93. The smallest absolute Gasteiger partial charge is 0.243 e. The number of ketones is 1. The van der Waals surface area contributed by atoms with Gasteiger partial charge in [0.2, 0.25) is 17.7 Å². The Bertz CT molecular complexity index is 542. The summed E-state index contributed by atoms with van der Waals surface area (Å²) in [7, 11) is 0. The molecule has 0 radical (unpaired) electrons. The van der Waals surface area contributed by atoms with Gasteiger partial charge in [-0.05, 0) is 19.8 Å². The van der Waals surface area contributed by atoms with Crippen LogP contribution >= 0.6 is 11.8 Å². The molecule has 0 aromatic carbocycles. The van der Waals surface area contributed by atoms with Crippen molar-refractivity contribution < 1.29 is 19.2 Å². The zero-order valence-corrected chi connectivity index (χ0v) is 14.7. The highest BCUT2D eigenvalue weighted by molar-refractivity contribution is 8.00. The van der Waals surface area contributed by atoms with Crippen molar-refractivity contribution >= 4 is 35.3 Å². The van der Waals surface area contributed by atoms with Crippen molar-refractivity contribution in [1.82, 2.24) is 15.5 Å². The minimum atomic E-state index is -0.757. The highest BCUT2D eigenvalue weighted by atomic mass is 32.2. The van der Waals surface area contributed by atoms with Crippen LogP contribution in [0.1, 0.15) is 26.7 Å². The van der Waals surface area contributed by atoms with Crippen LogP contribution in [0.2, 0.25) is 0 Å². The SMILES string of the molecule is CC(=O)[C@@H]1CS[C@H](C)[C@H](N)C(=O)N2CCC[C@H]2C(=O)NCC(=O)N1. The van der Waals surface area contributed by atoms with E-state index in [4.69, 9.17) is 5.73 Å². The lowest BCUT2D eigenvalue weighted by atomic mass is 10.1. The fourth-order valence-corrected chi connectivity index (χ4v) is 3.98. The second-order valence-electron chi connectivity index (χ2n) is 6.20. The lowest BCUT2D eigenvalue weighted by Crippen LogP contribution is -2.54. The van der Waals surface area contributed by atoms with Crippen molar-refractivity contribution in [2.45, 2.75) is 50.1 Å². The van der Waals surface area contributed by atoms with E-state index in [-0.39, 0.29) is 29.4 Å². The summed E-state index contributed by atoms with van der Waals surface area (Å²) in [6.45, 7) is 3.49. The van der Waals surface area contributed by atoms with Crippen molar-refractivity contribution in [2.24, 2.45) is 5.73 Å². The van der Waals surface area contributed by atoms with E-state index in [2.05, 4.69) is 10.6 Å². The van der Waals surface area contributed by atoms with Gasteiger partial charge in [0.05, 0.1) is 18.6 Å². The molecule has 134 valence electrons. The number of fused-ring (bicyclic) bond motifs is 1. The number of nitrogens with one attached hydrogen (secondary N) is 2. The third-order valence-corrected chi connectivity index (χ3v) is 5.75. The summed E-state index contributed by atoms with van der Waals surface area (Å²) in [4.78, 5) is 50.1. The van der Waals surface area contributed by atoms with Gasteiger partial charge in [0, 0.05) is 17.5 Å². The third-order valence-electron chi connectivity index (χ3n) is 4.40. The molecule has 0 aromatic rings. The Morgan fingerprint density at radius 1 is 1.33 bits per heavy atom. The molecule has 4 N–H and O–H groups in total. The monoisotopic (exact) mass is 356 g/mol. The van der Waals surface area contributed by atoms with Gasteiger partial charge in [-0.1, -0.05) is 6.92 Å². The maximum Gasteiger partial charge on any atom is 0.243 e. The van der Waals surface area contributed by atoms with Crippen molar-refractivity contribution in [3.63, 3.8) is 0 Å². The van der Waals surface area contributed by atoms with E-state index in [0.29, 0.717) is 18.7 Å². The van der Waals surface area contributed by atoms with E-state index >= 15 is 0 Å². The summed E-state index contributed by atoms with van der Waals surface area (Å²) in [5.41, 5.74) is 6.08. The summed E-state index contributed by atoms with van der Waals surface area (Å²) in [6.07, 6.45) is 1.29. The topological polar surface area (TPSA) is 122 Å². The van der Waals surface area contributed by atoms with Gasteiger partial charge in [-0.2, -0.15) is 11.8 Å². The van der Waals surface area contributed by atoms with Gasteiger partial charge in [0.25, 0.3) is 0 Å². The molecule has 0 spiro atoms. The Morgan fingerprint density at radius 2 is 2.04 bits per heavy atom. The van der Waals surface area contributed by atoms with E-state index in [1.807, 2.05) is 6.92 Å². The van der Waals surface area contributed by atoms with Gasteiger partial charge in [0.15, 0.2) is 5.78 Å². The van der Waals surface area contributed by atoms with Crippen LogP contribution in [0.5, 0.6) is 0 Å². The van der Waals surface area contributed by atoms with E-state index in [9.17, 15) is 19.2 Å². The number of rotatable bonds is 1. The number of carbonyl (C=O) groups excluding carboxylic acids is 4. The largest absolute Gasteiger partial charge is 0.345 e. The zero-order valence-electron chi connectivity index (χ0n) is 13.9. The van der Waals surface area contributed by atoms with Crippen LogP contribution in [0.15, 0.2) is 0 Å². The molecule has 2 rings (SSSR count). The first-order valence-corrected chi connectivity index (χ1v) is 9.11. The van der Waals surface area contributed by atoms with E-state index in [1.165, 1.54) is 23.6 Å². The molecule has 3 amide bonds. The normalized spacial score (nSPS) is 32.8. The number of amides is 3. The van der Waals surface area contributed by atoms with Crippen LogP contribution in [0.3, 0.4) is 0 Å². The molecule has 4 atom stereocenters. The molecule has 8 nitrogen and oxygen atoms in total. The number of Topliss-reactive ketones (excluding diaryl/α,β-unsaturated/α-hetero) is 1. The van der Waals surface area contributed by atoms with Gasteiger partial charge >= 0.3 is 0 Å². The molecule has 9 heteroatoms. The minimum Gasteiger partial charge on any atom is -0.345 e. The van der Waals surface area contributed by atoms with Crippen LogP contribution in [0.4, 0.5) is 0 Å². The molecule has 2 heterocycles. The van der Waals surface area contributed by atoms with Crippen LogP contribution in [-0.2, 0) is 19.2 Å². The van der Waals surface area contributed by atoms with Crippen LogP contribution in [0, 0.1) is 0 Å². The molecule has 0 saturated carbocycles. The number of hydrogen-bond acceptors (Lipinski definition) is 6. The Labute approximate surface area is 145 Å². The quantitative estimate of drug-likeness (QED) is 0.533. The molecule has 2 aliphatic heterocycles. The average molecular weight is 356 g/mol. The van der Waals surface area contributed by atoms with Crippen molar-refractivity contribution in [2.75, 3.05) is 18.8 Å². The van der Waals surface area contributed by atoms with Crippen molar-refractivity contribution in [3.8, 4) is 0 Å². The summed E-state index contributed by atoms with van der Waals surface area (Å²) in [6, 6.07) is -2.00. The van der Waals surface area contributed by atoms with Crippen LogP contribution in [-0.4, -0.2) is 70.6 Å². The third kappa shape index (κ3) is 4.27. The molecular formula is C15H24N4O4S. The highest BCUT2D eigenvalue weighted by Crippen LogP contribution is 2.22. The molecule has 24 heavy (non-hydrogen) atoms. The minimum absolute atomic E-state index is 0.176. The molecule has 2 saturated heterocycles. The van der Waals surface area contributed by atoms with E-state index in [0.717, 1.165) is 6.42 Å². The molecule has 2 aliphatic rings. The maximum absolute atomic E-state index is 12.6. The summed E-state index contributed by atoms with van der Waals surface area (Å²) >= 11 is 1.37. The number of nitrogens with zero attached hydrogens (tertiary/aromatic N) is 1. The Kier molecular flexibility index (Phi) is 6.22. The van der Waals surface area contributed by atoms with Gasteiger partial charge in [0.1, 0.15) is 6.04 Å². The van der Waals surface area contributed by atoms with E-state index < -0.39 is 24.0 Å². The second kappa shape index (κ2) is 7.98. The Morgan fingerprint density at radius 3 is 2.71 bits per heavy atom. The van der Waals surface area contributed by atoms with Gasteiger partial charge in [-0.25, -0.2) is 0 Å². The van der Waals surface area contributed by atoms with Gasteiger partial charge in [-0.15, -0.1) is 0 Å². The fraction of sp³-hybridized carbons (Fsp3) is 0.733. The number of hydrogen-bond donors (Lipinski definition) is 3. The fourth-order valence-electron chi connectivity index (χ4n) is 2.84. The molecule has 0 aliphatic carbocycles. The predicted molar refractivity (Wildman–Crippen MR) is 90.3 cm³/mol. The molecule has 2 fully saturated rings. The maximum atomic E-state index is 12.6. The average Bonchev–Trinajstić information content (AvgIpc) is 3.03. The lowest BCUT2D eigenvalue weighted by Gasteiger charge is -2.28. The number of thioether (sulfide) groups is 1. The zero-order chi connectivity index (χ0) is 17.9. The van der Waals surface area contributed by atoms with Crippen LogP contribution < -0.4 is 16.4 Å². The van der Waals surface area contributed by atoms with Gasteiger partial charge < -0.3 is 21.3 Å². The van der Waals surface area contributed by atoms with Gasteiger partial charge in [-0.3, -0.25) is 19.2 Å². The second-order valence-corrected chi connectivity index (χ2v) is 7.61. The van der Waals surface area contributed by atoms with Crippen LogP contribution in [0.25, 0.3) is 0 Å². The molecule has 0 bridgehead atoms. The predicted octanol–water partition coefficient (Wildman–Crippen LogP) is -1.37. The van der Waals surface area contributed by atoms with E-state index in [1.54, 1.807) is 0 Å². The molecule has 0 unspecified atom stereocenters. The Balaban J connectivity index is 2.21. The highest BCUT2D eigenvalue weighted by Gasteiger charge is 2.38. The standard InChI is InChI=1S/C15H24N4O4S/c1-8(20)10-7-24-9(2)13(16)15(23)19-5-3-4-11(19)14(22)17-6-12(21)18-10/h9-11,13H,3-7,16H2,1-2H3,(H,17,22)(H,18,21)/t9-,10+,11+,13+/m1/s1. The van der Waals surface area contributed by atoms with Crippen molar-refractivity contribution in [1.29, 1.82) is 0 Å². The number of nitrogens with two attached hydrogens (primary N) is 1. The first-order chi connectivity index (χ1) is 11.3. The summed E-state index contributed by atoms with van der Waals surface area (Å²) in [5.74, 6) is -0.880. The molecular weight excluding hydrogens is 332 g/mol. The first kappa shape index (κ1) is 18.7. The number of carbonyl (C=O) groups is 4. The lowest BCUT2D eigenvalue weighted by molar-refractivity contribution is -0.139. The summed E-state index contributed by atoms with van der Waals surface area (Å²) < 4.78 is 0. The molecule has 0 aromatic heterocycles.